The van der Waals surface area contributed by atoms with Crippen LogP contribution in [0.3, 0.4) is 0 Å². The van der Waals surface area contributed by atoms with Crippen LogP contribution in [0.5, 0.6) is 0 Å². The van der Waals surface area contributed by atoms with Crippen LogP contribution in [0.1, 0.15) is 56.1 Å². The lowest BCUT2D eigenvalue weighted by molar-refractivity contribution is -0.141. The largest absolute Gasteiger partial charge is 0.502 e. The molecular formula is C19H23NO3. The van der Waals surface area contributed by atoms with E-state index in [2.05, 4.69) is 0 Å². The lowest BCUT2D eigenvalue weighted by Gasteiger charge is -2.28. The van der Waals surface area contributed by atoms with Crippen LogP contribution in [0.4, 0.5) is 0 Å². The van der Waals surface area contributed by atoms with E-state index in [0.717, 1.165) is 44.1 Å². The molecule has 0 radical (unpaired) electrons. The second-order valence-electron chi connectivity index (χ2n) is 6.57. The predicted octanol–water partition coefficient (Wildman–Crippen LogP) is 3.75. The fourth-order valence-corrected chi connectivity index (χ4v) is 3.54. The summed E-state index contributed by atoms with van der Waals surface area (Å²) < 4.78 is 0. The summed E-state index contributed by atoms with van der Waals surface area (Å²) in [6.07, 6.45) is 7.27. The summed E-state index contributed by atoms with van der Waals surface area (Å²) in [5.74, 6) is -1.28. The smallest absolute Gasteiger partial charge is 0.296 e. The van der Waals surface area contributed by atoms with Gasteiger partial charge in [0, 0.05) is 6.04 Å². The summed E-state index contributed by atoms with van der Waals surface area (Å²) in [4.78, 5) is 26.6. The van der Waals surface area contributed by atoms with Crippen LogP contribution in [0, 0.1) is 6.92 Å². The number of imide groups is 1. The van der Waals surface area contributed by atoms with E-state index >= 15 is 0 Å². The standard InChI is InChI=1S/C19H23NO3/c1-13-9-11-14(12-10-13)16-17(21)19(23)20(18(16)22)15-7-5-3-2-4-6-8-15/h9-12,15,21H,2-8H2,1H3. The van der Waals surface area contributed by atoms with Crippen LogP contribution in [0.2, 0.25) is 0 Å². The zero-order valence-corrected chi connectivity index (χ0v) is 13.5. The molecule has 1 saturated carbocycles. The molecule has 0 unspecified atom stereocenters. The summed E-state index contributed by atoms with van der Waals surface area (Å²) in [7, 11) is 0. The van der Waals surface area contributed by atoms with Crippen LogP contribution >= 0.6 is 0 Å². The summed E-state index contributed by atoms with van der Waals surface area (Å²) in [5, 5.41) is 10.2. The third-order valence-electron chi connectivity index (χ3n) is 4.87. The molecule has 2 aliphatic rings. The van der Waals surface area contributed by atoms with Gasteiger partial charge < -0.3 is 5.11 Å². The summed E-state index contributed by atoms with van der Waals surface area (Å²) in [6, 6.07) is 7.25. The second-order valence-corrected chi connectivity index (χ2v) is 6.57. The molecule has 0 bridgehead atoms. The first-order chi connectivity index (χ1) is 11.1. The molecule has 1 aliphatic carbocycles. The minimum absolute atomic E-state index is 0.0830. The Hall–Kier alpha value is -2.10. The number of aliphatic hydroxyl groups excluding tert-OH is 1. The first-order valence-corrected chi connectivity index (χ1v) is 8.48. The fourth-order valence-electron chi connectivity index (χ4n) is 3.54. The molecule has 0 saturated heterocycles. The first-order valence-electron chi connectivity index (χ1n) is 8.48. The third-order valence-corrected chi connectivity index (χ3v) is 4.87. The van der Waals surface area contributed by atoms with Crippen molar-refractivity contribution in [3.8, 4) is 0 Å². The zero-order chi connectivity index (χ0) is 16.4. The Bertz CT molecular complexity index is 637. The molecule has 0 atom stereocenters. The molecule has 1 N–H and O–H groups in total. The monoisotopic (exact) mass is 313 g/mol. The average Bonchev–Trinajstić information content (AvgIpc) is 2.72. The van der Waals surface area contributed by atoms with E-state index in [4.69, 9.17) is 0 Å². The highest BCUT2D eigenvalue weighted by molar-refractivity contribution is 6.35. The van der Waals surface area contributed by atoms with Gasteiger partial charge in [0.2, 0.25) is 0 Å². The molecule has 1 aromatic carbocycles. The summed E-state index contributed by atoms with van der Waals surface area (Å²) in [6.45, 7) is 1.96. The number of hydrogen-bond donors (Lipinski definition) is 1. The summed E-state index contributed by atoms with van der Waals surface area (Å²) >= 11 is 0. The van der Waals surface area contributed by atoms with Crippen molar-refractivity contribution in [3.05, 3.63) is 41.2 Å². The SMILES string of the molecule is Cc1ccc(C2=C(O)C(=O)N(C3CCCCCCC3)C2=O)cc1. The van der Waals surface area contributed by atoms with Crippen molar-refractivity contribution in [2.75, 3.05) is 0 Å². The molecule has 1 heterocycles. The highest BCUT2D eigenvalue weighted by Crippen LogP contribution is 2.32. The maximum Gasteiger partial charge on any atom is 0.296 e. The van der Waals surface area contributed by atoms with Crippen LogP contribution in [-0.2, 0) is 9.59 Å². The van der Waals surface area contributed by atoms with Crippen LogP contribution < -0.4 is 0 Å². The Morgan fingerprint density at radius 3 is 2.09 bits per heavy atom. The van der Waals surface area contributed by atoms with Crippen LogP contribution in [0.15, 0.2) is 30.0 Å². The van der Waals surface area contributed by atoms with Gasteiger partial charge in [0.25, 0.3) is 11.8 Å². The van der Waals surface area contributed by atoms with E-state index < -0.39 is 11.7 Å². The Morgan fingerprint density at radius 2 is 1.48 bits per heavy atom. The minimum atomic E-state index is -0.531. The van der Waals surface area contributed by atoms with E-state index in [9.17, 15) is 14.7 Å². The van der Waals surface area contributed by atoms with E-state index in [0.29, 0.717) is 5.56 Å². The lowest BCUT2D eigenvalue weighted by Crippen LogP contribution is -2.41. The molecule has 23 heavy (non-hydrogen) atoms. The Labute approximate surface area is 136 Å². The van der Waals surface area contributed by atoms with Gasteiger partial charge in [-0.3, -0.25) is 14.5 Å². The second kappa shape index (κ2) is 6.57. The minimum Gasteiger partial charge on any atom is -0.502 e. The molecule has 1 aliphatic heterocycles. The van der Waals surface area contributed by atoms with E-state index in [1.165, 1.54) is 11.3 Å². The molecule has 122 valence electrons. The quantitative estimate of drug-likeness (QED) is 0.846. The van der Waals surface area contributed by atoms with Crippen molar-refractivity contribution in [1.82, 2.24) is 4.90 Å². The number of carbonyl (C=O) groups is 2. The molecule has 2 amide bonds. The predicted molar refractivity (Wildman–Crippen MR) is 88.7 cm³/mol. The van der Waals surface area contributed by atoms with Gasteiger partial charge in [-0.2, -0.15) is 0 Å². The highest BCUT2D eigenvalue weighted by Gasteiger charge is 2.42. The number of benzene rings is 1. The van der Waals surface area contributed by atoms with Gasteiger partial charge in [0.15, 0.2) is 5.76 Å². The molecule has 4 nitrogen and oxygen atoms in total. The molecule has 4 heteroatoms. The van der Waals surface area contributed by atoms with Gasteiger partial charge in [-0.25, -0.2) is 0 Å². The number of hydrogen-bond acceptors (Lipinski definition) is 3. The average molecular weight is 313 g/mol. The number of rotatable bonds is 2. The normalized spacial score (nSPS) is 20.8. The van der Waals surface area contributed by atoms with Crippen LogP contribution in [0.25, 0.3) is 5.57 Å². The van der Waals surface area contributed by atoms with Gasteiger partial charge in [0.1, 0.15) is 0 Å². The maximum atomic E-state index is 12.8. The third kappa shape index (κ3) is 3.03. The van der Waals surface area contributed by atoms with Gasteiger partial charge in [-0.15, -0.1) is 0 Å². The molecule has 1 fully saturated rings. The van der Waals surface area contributed by atoms with Crippen molar-refractivity contribution in [3.63, 3.8) is 0 Å². The highest BCUT2D eigenvalue weighted by atomic mass is 16.3. The van der Waals surface area contributed by atoms with E-state index in [1.54, 1.807) is 12.1 Å². The van der Waals surface area contributed by atoms with E-state index in [-0.39, 0.29) is 17.5 Å². The molecule has 0 aromatic heterocycles. The van der Waals surface area contributed by atoms with Crippen molar-refractivity contribution in [2.45, 2.75) is 57.9 Å². The van der Waals surface area contributed by atoms with Crippen molar-refractivity contribution in [1.29, 1.82) is 0 Å². The number of aliphatic hydroxyl groups is 1. The molecule has 1 aromatic rings. The van der Waals surface area contributed by atoms with E-state index in [1.807, 2.05) is 19.1 Å². The van der Waals surface area contributed by atoms with Gasteiger partial charge in [0.05, 0.1) is 5.57 Å². The van der Waals surface area contributed by atoms with Crippen LogP contribution in [-0.4, -0.2) is 27.9 Å². The van der Waals surface area contributed by atoms with Gasteiger partial charge >= 0.3 is 0 Å². The maximum absolute atomic E-state index is 12.8. The number of carbonyl (C=O) groups excluding carboxylic acids is 2. The molecule has 3 rings (SSSR count). The Balaban J connectivity index is 1.87. The topological polar surface area (TPSA) is 57.6 Å². The molecule has 0 spiro atoms. The zero-order valence-electron chi connectivity index (χ0n) is 13.5. The fraction of sp³-hybridized carbons (Fsp3) is 0.474. The first kappa shape index (κ1) is 15.8. The molecular weight excluding hydrogens is 290 g/mol. The Morgan fingerprint density at radius 1 is 0.913 bits per heavy atom. The number of amides is 2. The Kier molecular flexibility index (Phi) is 4.51. The van der Waals surface area contributed by atoms with Crippen molar-refractivity contribution < 1.29 is 14.7 Å². The lowest BCUT2D eigenvalue weighted by atomic mass is 9.95. The number of nitrogens with zero attached hydrogens (tertiary/aromatic N) is 1. The van der Waals surface area contributed by atoms with Gasteiger partial charge in [-0.1, -0.05) is 61.9 Å². The summed E-state index contributed by atoms with van der Waals surface area (Å²) in [5.41, 5.74) is 1.83. The number of aryl methyl sites for hydroxylation is 1. The van der Waals surface area contributed by atoms with Crippen molar-refractivity contribution in [2.24, 2.45) is 0 Å². The van der Waals surface area contributed by atoms with Crippen molar-refractivity contribution >= 4 is 17.4 Å². The van der Waals surface area contributed by atoms with Gasteiger partial charge in [-0.05, 0) is 25.3 Å².